The van der Waals surface area contributed by atoms with E-state index in [2.05, 4.69) is 40.3 Å². The van der Waals surface area contributed by atoms with E-state index in [1.807, 2.05) is 24.3 Å². The zero-order valence-electron chi connectivity index (χ0n) is 17.2. The molecule has 0 unspecified atom stereocenters. The number of nitrogens with zero attached hydrogens (tertiary/aromatic N) is 2. The van der Waals surface area contributed by atoms with E-state index in [-0.39, 0.29) is 12.2 Å². The molecule has 2 aliphatic heterocycles. The molecule has 6 heteroatoms. The number of ether oxygens (including phenoxy) is 2. The van der Waals surface area contributed by atoms with Gasteiger partial charge in [0.25, 0.3) is 0 Å². The molecule has 3 heterocycles. The first kappa shape index (κ1) is 19.0. The third kappa shape index (κ3) is 3.63. The summed E-state index contributed by atoms with van der Waals surface area (Å²) >= 11 is 0. The first-order valence-electron chi connectivity index (χ1n) is 10.6. The molecule has 6 nitrogen and oxygen atoms in total. The van der Waals surface area contributed by atoms with Gasteiger partial charge in [-0.15, -0.1) is 0 Å². The van der Waals surface area contributed by atoms with Crippen LogP contribution in [-0.4, -0.2) is 55.4 Å². The number of carbonyl (C=O) groups excluding carboxylic acids is 1. The molecule has 0 radical (unpaired) electrons. The second-order valence-corrected chi connectivity index (χ2v) is 8.18. The van der Waals surface area contributed by atoms with Crippen LogP contribution in [0.4, 0.5) is 10.5 Å². The number of amides is 1. The van der Waals surface area contributed by atoms with Gasteiger partial charge in [0.1, 0.15) is 11.9 Å². The molecule has 30 heavy (non-hydrogen) atoms. The highest BCUT2D eigenvalue weighted by Crippen LogP contribution is 2.33. The van der Waals surface area contributed by atoms with E-state index in [0.29, 0.717) is 12.5 Å². The number of fused-ring (bicyclic) bond motifs is 1. The molecule has 2 aliphatic rings. The molecular weight excluding hydrogens is 378 g/mol. The Morgan fingerprint density at radius 2 is 1.87 bits per heavy atom. The number of H-pyrrole nitrogens is 1. The van der Waals surface area contributed by atoms with Gasteiger partial charge in [-0.3, -0.25) is 9.80 Å². The number of cyclic esters (lactones) is 1. The van der Waals surface area contributed by atoms with Crippen molar-refractivity contribution >= 4 is 22.7 Å². The lowest BCUT2D eigenvalue weighted by Crippen LogP contribution is -2.39. The average molecular weight is 405 g/mol. The van der Waals surface area contributed by atoms with Crippen LogP contribution in [0.1, 0.15) is 24.3 Å². The number of anilines is 1. The molecule has 3 aromatic rings. The van der Waals surface area contributed by atoms with E-state index in [4.69, 9.17) is 9.47 Å². The van der Waals surface area contributed by atoms with Gasteiger partial charge in [0.2, 0.25) is 0 Å². The Kier molecular flexibility index (Phi) is 5.09. The Labute approximate surface area is 176 Å². The molecular formula is C24H27N3O3. The number of carbonyl (C=O) groups is 1. The summed E-state index contributed by atoms with van der Waals surface area (Å²) in [5.74, 6) is 1.36. The second kappa shape index (κ2) is 8.03. The molecule has 5 rings (SSSR count). The number of aromatic nitrogens is 1. The molecule has 0 aliphatic carbocycles. The molecule has 1 atom stereocenters. The fourth-order valence-electron chi connectivity index (χ4n) is 4.74. The van der Waals surface area contributed by atoms with Crippen molar-refractivity contribution < 1.29 is 14.3 Å². The summed E-state index contributed by atoms with van der Waals surface area (Å²) in [7, 11) is 1.64. The normalized spacial score (nSPS) is 20.6. The van der Waals surface area contributed by atoms with Crippen molar-refractivity contribution in [1.29, 1.82) is 0 Å². The number of methoxy groups -OCH3 is 1. The van der Waals surface area contributed by atoms with E-state index in [1.54, 1.807) is 12.0 Å². The van der Waals surface area contributed by atoms with Gasteiger partial charge in [-0.1, -0.05) is 18.2 Å². The zero-order chi connectivity index (χ0) is 20.5. The van der Waals surface area contributed by atoms with Crippen LogP contribution in [0.5, 0.6) is 5.75 Å². The Bertz CT molecular complexity index is 1020. The van der Waals surface area contributed by atoms with Crippen LogP contribution in [-0.2, 0) is 4.74 Å². The summed E-state index contributed by atoms with van der Waals surface area (Å²) in [4.78, 5) is 19.9. The molecule has 0 bridgehead atoms. The highest BCUT2D eigenvalue weighted by atomic mass is 16.6. The van der Waals surface area contributed by atoms with Crippen LogP contribution in [0, 0.1) is 0 Å². The Balaban J connectivity index is 1.17. The van der Waals surface area contributed by atoms with Crippen LogP contribution in [0.3, 0.4) is 0 Å². The average Bonchev–Trinajstić information content (AvgIpc) is 3.38. The number of rotatable bonds is 5. The van der Waals surface area contributed by atoms with Crippen molar-refractivity contribution in [3.05, 3.63) is 60.3 Å². The molecule has 1 N–H and O–H groups in total. The highest BCUT2D eigenvalue weighted by molar-refractivity contribution is 5.89. The smallest absolute Gasteiger partial charge is 0.414 e. The lowest BCUT2D eigenvalue weighted by Gasteiger charge is -2.32. The molecule has 0 saturated carbocycles. The summed E-state index contributed by atoms with van der Waals surface area (Å²) in [6, 6.07) is 16.1. The van der Waals surface area contributed by atoms with Crippen molar-refractivity contribution in [3.63, 3.8) is 0 Å². The predicted molar refractivity (Wildman–Crippen MR) is 117 cm³/mol. The highest BCUT2D eigenvalue weighted by Gasteiger charge is 2.34. The number of likely N-dealkylation sites (tertiary alicyclic amines) is 1. The van der Waals surface area contributed by atoms with Gasteiger partial charge < -0.3 is 14.5 Å². The monoisotopic (exact) mass is 405 g/mol. The van der Waals surface area contributed by atoms with Gasteiger partial charge in [0.15, 0.2) is 0 Å². The second-order valence-electron chi connectivity index (χ2n) is 8.18. The van der Waals surface area contributed by atoms with Crippen molar-refractivity contribution in [2.75, 3.05) is 38.2 Å². The van der Waals surface area contributed by atoms with Crippen molar-refractivity contribution in [1.82, 2.24) is 9.88 Å². The number of hydrogen-bond acceptors (Lipinski definition) is 4. The van der Waals surface area contributed by atoms with Gasteiger partial charge in [-0.25, -0.2) is 4.79 Å². The summed E-state index contributed by atoms with van der Waals surface area (Å²) in [6.07, 6.45) is 4.08. The molecule has 0 spiro atoms. The van der Waals surface area contributed by atoms with Crippen LogP contribution < -0.4 is 9.64 Å². The third-order valence-electron chi connectivity index (χ3n) is 6.37. The number of nitrogens with one attached hydrogen (secondary N) is 1. The van der Waals surface area contributed by atoms with E-state index < -0.39 is 0 Å². The maximum absolute atomic E-state index is 12.4. The molecule has 1 aromatic heterocycles. The molecule has 2 aromatic carbocycles. The first-order chi connectivity index (χ1) is 14.7. The number of piperidine rings is 1. The minimum Gasteiger partial charge on any atom is -0.497 e. The Morgan fingerprint density at radius 1 is 1.10 bits per heavy atom. The molecule has 156 valence electrons. The zero-order valence-corrected chi connectivity index (χ0v) is 17.2. The van der Waals surface area contributed by atoms with Crippen molar-refractivity contribution in [2.24, 2.45) is 0 Å². The number of aromatic amines is 1. The topological polar surface area (TPSA) is 57.8 Å². The van der Waals surface area contributed by atoms with E-state index >= 15 is 0 Å². The summed E-state index contributed by atoms with van der Waals surface area (Å²) in [5, 5.41) is 1.34. The van der Waals surface area contributed by atoms with E-state index in [1.165, 1.54) is 16.5 Å². The largest absolute Gasteiger partial charge is 0.497 e. The minimum absolute atomic E-state index is 0.0933. The number of hydrogen-bond donors (Lipinski definition) is 1. The fraction of sp³-hybridized carbons (Fsp3) is 0.375. The summed E-state index contributed by atoms with van der Waals surface area (Å²) in [5.41, 5.74) is 3.50. The fourth-order valence-corrected chi connectivity index (χ4v) is 4.74. The van der Waals surface area contributed by atoms with E-state index in [9.17, 15) is 4.79 Å². The Hall–Kier alpha value is -2.99. The molecule has 2 fully saturated rings. The SMILES string of the molecule is COc1ccc(N2C[C@H](CN3CCC(c4c[nH]c5ccccc45)CC3)OC2=O)cc1. The Morgan fingerprint density at radius 3 is 2.63 bits per heavy atom. The standard InChI is InChI=1S/C24H27N3O3/c1-29-19-8-6-18(7-9-19)27-16-20(30-24(27)28)15-26-12-10-17(11-13-26)22-14-25-23-5-3-2-4-21(22)23/h2-9,14,17,20,25H,10-13,15-16H2,1H3/t20-/m0/s1. The van der Waals surface area contributed by atoms with Gasteiger partial charge in [0, 0.05) is 29.3 Å². The third-order valence-corrected chi connectivity index (χ3v) is 6.37. The van der Waals surface area contributed by atoms with Gasteiger partial charge in [-0.05, 0) is 67.7 Å². The molecule has 1 amide bonds. The maximum Gasteiger partial charge on any atom is 0.414 e. The molecule has 2 saturated heterocycles. The number of benzene rings is 2. The quantitative estimate of drug-likeness (QED) is 0.684. The summed E-state index contributed by atoms with van der Waals surface area (Å²) < 4.78 is 10.8. The van der Waals surface area contributed by atoms with Gasteiger partial charge >= 0.3 is 6.09 Å². The van der Waals surface area contributed by atoms with Crippen molar-refractivity contribution in [2.45, 2.75) is 24.9 Å². The van der Waals surface area contributed by atoms with Crippen LogP contribution in [0.2, 0.25) is 0 Å². The predicted octanol–water partition coefficient (Wildman–Crippen LogP) is 4.38. The van der Waals surface area contributed by atoms with E-state index in [0.717, 1.165) is 43.9 Å². The summed E-state index contributed by atoms with van der Waals surface area (Å²) in [6.45, 7) is 3.44. The number of para-hydroxylation sites is 1. The van der Waals surface area contributed by atoms with Gasteiger partial charge in [-0.2, -0.15) is 0 Å². The van der Waals surface area contributed by atoms with Crippen molar-refractivity contribution in [3.8, 4) is 5.75 Å². The van der Waals surface area contributed by atoms with Crippen LogP contribution in [0.15, 0.2) is 54.7 Å². The van der Waals surface area contributed by atoms with Crippen LogP contribution in [0.25, 0.3) is 10.9 Å². The van der Waals surface area contributed by atoms with Crippen LogP contribution >= 0.6 is 0 Å². The first-order valence-corrected chi connectivity index (χ1v) is 10.6. The minimum atomic E-state index is -0.265. The lowest BCUT2D eigenvalue weighted by atomic mass is 9.89. The lowest BCUT2D eigenvalue weighted by molar-refractivity contribution is 0.0977. The van der Waals surface area contributed by atoms with Gasteiger partial charge in [0.05, 0.1) is 13.7 Å². The maximum atomic E-state index is 12.4.